The Morgan fingerprint density at radius 3 is 2.40 bits per heavy atom. The molecule has 1 aliphatic heterocycles. The van der Waals surface area contributed by atoms with E-state index in [9.17, 15) is 9.59 Å². The molecule has 2 heterocycles. The molecule has 2 atom stereocenters. The van der Waals surface area contributed by atoms with Gasteiger partial charge in [-0.05, 0) is 18.8 Å². The molecule has 6 heteroatoms. The lowest BCUT2D eigenvalue weighted by Gasteiger charge is -2.18. The molecule has 108 valence electrons. The van der Waals surface area contributed by atoms with Crippen LogP contribution in [0.3, 0.4) is 0 Å². The molecule has 0 aromatic carbocycles. The van der Waals surface area contributed by atoms with E-state index in [4.69, 9.17) is 5.73 Å². The number of amides is 2. The Bertz CT molecular complexity index is 542. The highest BCUT2D eigenvalue weighted by Gasteiger charge is 2.53. The second-order valence-electron chi connectivity index (χ2n) is 5.79. The molecule has 0 radical (unpaired) electrons. The summed E-state index contributed by atoms with van der Waals surface area (Å²) in [6, 6.07) is 0. The summed E-state index contributed by atoms with van der Waals surface area (Å²) in [7, 11) is 1.73. The van der Waals surface area contributed by atoms with Crippen LogP contribution in [0.15, 0.2) is 6.20 Å². The van der Waals surface area contributed by atoms with Gasteiger partial charge in [-0.25, -0.2) is 4.90 Å². The fourth-order valence-electron chi connectivity index (χ4n) is 3.58. The molecule has 2 N–H and O–H groups in total. The number of fused-ring (bicyclic) bond motifs is 1. The van der Waals surface area contributed by atoms with E-state index in [2.05, 4.69) is 12.0 Å². The summed E-state index contributed by atoms with van der Waals surface area (Å²) in [5, 5.41) is 4.12. The normalized spacial score (nSPS) is 29.4. The summed E-state index contributed by atoms with van der Waals surface area (Å²) in [6.07, 6.45) is 4.32. The number of carbonyl (C=O) groups is 2. The van der Waals surface area contributed by atoms with E-state index in [1.54, 1.807) is 17.9 Å². The van der Waals surface area contributed by atoms with Crippen molar-refractivity contribution in [3.8, 4) is 0 Å². The molecule has 20 heavy (non-hydrogen) atoms. The Balaban J connectivity index is 1.96. The maximum atomic E-state index is 12.6. The van der Waals surface area contributed by atoms with Crippen LogP contribution in [0.2, 0.25) is 0 Å². The van der Waals surface area contributed by atoms with Crippen LogP contribution >= 0.6 is 0 Å². The van der Waals surface area contributed by atoms with Crippen LogP contribution in [0.1, 0.15) is 31.7 Å². The number of carbonyl (C=O) groups excluding carboxylic acids is 2. The lowest BCUT2D eigenvalue weighted by atomic mass is 10.00. The number of aromatic nitrogens is 2. The predicted molar refractivity (Wildman–Crippen MR) is 73.6 cm³/mol. The van der Waals surface area contributed by atoms with Gasteiger partial charge in [0.25, 0.3) is 0 Å². The number of nitrogens with two attached hydrogens (primary N) is 1. The molecule has 2 fully saturated rings. The van der Waals surface area contributed by atoms with Crippen LogP contribution < -0.4 is 10.6 Å². The minimum atomic E-state index is -0.145. The van der Waals surface area contributed by atoms with Gasteiger partial charge < -0.3 is 5.73 Å². The van der Waals surface area contributed by atoms with E-state index < -0.39 is 0 Å². The largest absolute Gasteiger partial charge is 0.326 e. The van der Waals surface area contributed by atoms with Crippen LogP contribution in [0, 0.1) is 17.8 Å². The molecule has 3 rings (SSSR count). The second-order valence-corrected chi connectivity index (χ2v) is 5.79. The van der Waals surface area contributed by atoms with E-state index in [1.807, 2.05) is 0 Å². The molecule has 1 saturated carbocycles. The molecule has 1 saturated heterocycles. The summed E-state index contributed by atoms with van der Waals surface area (Å²) in [6.45, 7) is 2.39. The van der Waals surface area contributed by atoms with Gasteiger partial charge in [-0.2, -0.15) is 5.10 Å². The standard InChI is InChI=1S/C14H20N4O2/c1-3-8-4-10-11(5-8)14(20)18(13(10)19)12-9(6-15)7-16-17(12)2/h7-8,10-11H,3-6,15H2,1-2H3. The van der Waals surface area contributed by atoms with Crippen molar-refractivity contribution in [2.75, 3.05) is 4.90 Å². The van der Waals surface area contributed by atoms with Crippen molar-refractivity contribution in [3.05, 3.63) is 11.8 Å². The molecule has 2 amide bonds. The number of nitrogens with zero attached hydrogens (tertiary/aromatic N) is 3. The van der Waals surface area contributed by atoms with E-state index >= 15 is 0 Å². The molecule has 1 aromatic rings. The zero-order valence-electron chi connectivity index (χ0n) is 11.9. The smallest absolute Gasteiger partial charge is 0.238 e. The van der Waals surface area contributed by atoms with Crippen LogP contribution in [0.4, 0.5) is 5.82 Å². The third-order valence-electron chi connectivity index (χ3n) is 4.72. The van der Waals surface area contributed by atoms with Crippen molar-refractivity contribution >= 4 is 17.6 Å². The van der Waals surface area contributed by atoms with Crippen molar-refractivity contribution in [3.63, 3.8) is 0 Å². The van der Waals surface area contributed by atoms with E-state index in [0.29, 0.717) is 11.7 Å². The number of hydrogen-bond acceptors (Lipinski definition) is 4. The van der Waals surface area contributed by atoms with Gasteiger partial charge >= 0.3 is 0 Å². The first-order valence-corrected chi connectivity index (χ1v) is 7.17. The third-order valence-corrected chi connectivity index (χ3v) is 4.72. The highest BCUT2D eigenvalue weighted by Crippen LogP contribution is 2.45. The molecule has 0 spiro atoms. The van der Waals surface area contributed by atoms with Crippen molar-refractivity contribution in [1.82, 2.24) is 9.78 Å². The quantitative estimate of drug-likeness (QED) is 0.828. The minimum Gasteiger partial charge on any atom is -0.326 e. The number of hydrogen-bond donors (Lipinski definition) is 1. The molecule has 2 aliphatic rings. The van der Waals surface area contributed by atoms with Gasteiger partial charge in [-0.1, -0.05) is 13.3 Å². The molecular weight excluding hydrogens is 256 g/mol. The Hall–Kier alpha value is -1.69. The van der Waals surface area contributed by atoms with E-state index in [-0.39, 0.29) is 30.2 Å². The van der Waals surface area contributed by atoms with Crippen molar-refractivity contribution in [1.29, 1.82) is 0 Å². The van der Waals surface area contributed by atoms with Crippen molar-refractivity contribution < 1.29 is 9.59 Å². The van der Waals surface area contributed by atoms with E-state index in [0.717, 1.165) is 24.8 Å². The topological polar surface area (TPSA) is 81.2 Å². The zero-order valence-corrected chi connectivity index (χ0v) is 11.9. The monoisotopic (exact) mass is 276 g/mol. The molecule has 2 unspecified atom stereocenters. The molecule has 0 bridgehead atoms. The average Bonchev–Trinajstić information content (AvgIpc) is 3.08. The first kappa shape index (κ1) is 13.3. The number of aryl methyl sites for hydroxylation is 1. The van der Waals surface area contributed by atoms with Gasteiger partial charge in [-0.15, -0.1) is 0 Å². The van der Waals surface area contributed by atoms with Crippen LogP contribution in [-0.2, 0) is 23.2 Å². The van der Waals surface area contributed by atoms with E-state index in [1.165, 1.54) is 4.90 Å². The van der Waals surface area contributed by atoms with Crippen LogP contribution in [0.25, 0.3) is 0 Å². The van der Waals surface area contributed by atoms with Gasteiger partial charge in [0, 0.05) is 19.2 Å². The predicted octanol–water partition coefficient (Wildman–Crippen LogP) is 0.804. The highest BCUT2D eigenvalue weighted by atomic mass is 16.2. The van der Waals surface area contributed by atoms with Crippen molar-refractivity contribution in [2.45, 2.75) is 32.7 Å². The highest BCUT2D eigenvalue weighted by molar-refractivity contribution is 6.22. The zero-order chi connectivity index (χ0) is 14.4. The lowest BCUT2D eigenvalue weighted by molar-refractivity contribution is -0.123. The summed E-state index contributed by atoms with van der Waals surface area (Å²) in [5.41, 5.74) is 6.42. The van der Waals surface area contributed by atoms with Crippen LogP contribution in [0.5, 0.6) is 0 Å². The number of anilines is 1. The van der Waals surface area contributed by atoms with Crippen LogP contribution in [-0.4, -0.2) is 21.6 Å². The molecular formula is C14H20N4O2. The van der Waals surface area contributed by atoms with Gasteiger partial charge in [0.2, 0.25) is 11.8 Å². The first-order chi connectivity index (χ1) is 9.58. The summed E-state index contributed by atoms with van der Waals surface area (Å²) in [4.78, 5) is 26.5. The SMILES string of the molecule is CCC1CC2C(=O)N(c3c(CN)cnn3C)C(=O)C2C1. The summed E-state index contributed by atoms with van der Waals surface area (Å²) >= 11 is 0. The molecule has 6 nitrogen and oxygen atoms in total. The summed E-state index contributed by atoms with van der Waals surface area (Å²) < 4.78 is 1.57. The van der Waals surface area contributed by atoms with Crippen molar-refractivity contribution in [2.24, 2.45) is 30.5 Å². The third kappa shape index (κ3) is 1.71. The maximum Gasteiger partial charge on any atom is 0.238 e. The fraction of sp³-hybridized carbons (Fsp3) is 0.643. The Labute approximate surface area is 117 Å². The van der Waals surface area contributed by atoms with Gasteiger partial charge in [-0.3, -0.25) is 14.3 Å². The van der Waals surface area contributed by atoms with Gasteiger partial charge in [0.1, 0.15) is 5.82 Å². The number of rotatable bonds is 3. The average molecular weight is 276 g/mol. The molecule has 1 aromatic heterocycles. The molecule has 1 aliphatic carbocycles. The van der Waals surface area contributed by atoms with Gasteiger partial charge in [0.05, 0.1) is 18.0 Å². The Morgan fingerprint density at radius 1 is 1.30 bits per heavy atom. The number of imide groups is 1. The first-order valence-electron chi connectivity index (χ1n) is 7.17. The van der Waals surface area contributed by atoms with Gasteiger partial charge in [0.15, 0.2) is 0 Å². The summed E-state index contributed by atoms with van der Waals surface area (Å²) in [5.74, 6) is 0.606. The lowest BCUT2D eigenvalue weighted by Crippen LogP contribution is -2.34. The second kappa shape index (κ2) is 4.70. The fourth-order valence-corrected chi connectivity index (χ4v) is 3.58. The maximum absolute atomic E-state index is 12.6. The Kier molecular flexibility index (Phi) is 3.12. The minimum absolute atomic E-state index is 0.0748. The Morgan fingerprint density at radius 2 is 1.90 bits per heavy atom.